The summed E-state index contributed by atoms with van der Waals surface area (Å²) in [7, 11) is 0. The minimum Gasteiger partial charge on any atom is -0.314 e. The van der Waals surface area contributed by atoms with Crippen LogP contribution in [0.1, 0.15) is 30.9 Å². The van der Waals surface area contributed by atoms with Crippen molar-refractivity contribution in [1.82, 2.24) is 10.2 Å². The van der Waals surface area contributed by atoms with Crippen LogP contribution >= 0.6 is 36.4 Å². The summed E-state index contributed by atoms with van der Waals surface area (Å²) >= 11 is 6.12. The number of nitrogens with one attached hydrogen (secondary N) is 1. The van der Waals surface area contributed by atoms with E-state index in [0.717, 1.165) is 44.6 Å². The average molecular weight is 383 g/mol. The highest BCUT2D eigenvalue weighted by Crippen LogP contribution is 2.44. The fourth-order valence-corrected chi connectivity index (χ4v) is 3.57. The van der Waals surface area contributed by atoms with Gasteiger partial charge in [-0.2, -0.15) is 0 Å². The van der Waals surface area contributed by atoms with Crippen molar-refractivity contribution < 1.29 is 4.92 Å². The standard InChI is InChI=1S/C15H20ClN3O2.2ClH/c16-12-4-5-14(19(20)21)13(10-12)15(11-2-1-3-11)18-8-6-17-7-9-18;;/h4-5,10-11,15,17H,1-3,6-9H2;2*1H/t15-;;/m0../s1. The van der Waals surface area contributed by atoms with Crippen LogP contribution in [0.15, 0.2) is 18.2 Å². The van der Waals surface area contributed by atoms with Crippen LogP contribution in [-0.4, -0.2) is 36.0 Å². The smallest absolute Gasteiger partial charge is 0.274 e. The van der Waals surface area contributed by atoms with E-state index in [2.05, 4.69) is 10.2 Å². The van der Waals surface area contributed by atoms with E-state index < -0.39 is 0 Å². The Balaban J connectivity index is 0.00000132. The average Bonchev–Trinajstić information content (AvgIpc) is 2.43. The molecule has 8 heteroatoms. The van der Waals surface area contributed by atoms with Crippen LogP contribution in [0.3, 0.4) is 0 Å². The summed E-state index contributed by atoms with van der Waals surface area (Å²) < 4.78 is 0. The van der Waals surface area contributed by atoms with Gasteiger partial charge in [-0.25, -0.2) is 0 Å². The van der Waals surface area contributed by atoms with Crippen molar-refractivity contribution in [3.05, 3.63) is 38.9 Å². The molecule has 0 amide bonds. The molecule has 1 saturated carbocycles. The number of piperazine rings is 1. The molecule has 2 aliphatic rings. The highest BCUT2D eigenvalue weighted by molar-refractivity contribution is 6.30. The van der Waals surface area contributed by atoms with Crippen LogP contribution in [0.2, 0.25) is 5.02 Å². The van der Waals surface area contributed by atoms with E-state index >= 15 is 0 Å². The largest absolute Gasteiger partial charge is 0.314 e. The molecule has 5 nitrogen and oxygen atoms in total. The Morgan fingerprint density at radius 3 is 2.43 bits per heavy atom. The molecule has 1 aromatic rings. The molecule has 1 aliphatic carbocycles. The minimum atomic E-state index is -0.278. The van der Waals surface area contributed by atoms with Crippen molar-refractivity contribution in [2.24, 2.45) is 5.92 Å². The van der Waals surface area contributed by atoms with Crippen molar-refractivity contribution in [2.45, 2.75) is 25.3 Å². The van der Waals surface area contributed by atoms with Crippen LogP contribution in [0.25, 0.3) is 0 Å². The van der Waals surface area contributed by atoms with E-state index in [1.807, 2.05) is 0 Å². The summed E-state index contributed by atoms with van der Waals surface area (Å²) in [5, 5.41) is 15.3. The van der Waals surface area contributed by atoms with Crippen molar-refractivity contribution in [2.75, 3.05) is 26.2 Å². The molecule has 1 atom stereocenters. The van der Waals surface area contributed by atoms with Gasteiger partial charge in [0.1, 0.15) is 0 Å². The van der Waals surface area contributed by atoms with E-state index in [9.17, 15) is 10.1 Å². The van der Waals surface area contributed by atoms with Gasteiger partial charge in [-0.05, 0) is 30.9 Å². The number of benzene rings is 1. The predicted octanol–water partition coefficient (Wildman–Crippen LogP) is 3.84. The number of hydrogen-bond acceptors (Lipinski definition) is 4. The van der Waals surface area contributed by atoms with E-state index in [-0.39, 0.29) is 41.5 Å². The third-order valence-electron chi connectivity index (χ3n) is 4.65. The molecule has 0 unspecified atom stereocenters. The number of hydrogen-bond donors (Lipinski definition) is 1. The normalized spacial score (nSPS) is 19.9. The number of nitro groups is 1. The zero-order valence-electron chi connectivity index (χ0n) is 12.7. The van der Waals surface area contributed by atoms with Crippen molar-refractivity contribution in [3.8, 4) is 0 Å². The molecule has 3 rings (SSSR count). The number of nitrogens with zero attached hydrogens (tertiary/aromatic N) is 2. The molecule has 0 bridgehead atoms. The van der Waals surface area contributed by atoms with Gasteiger partial charge in [0, 0.05) is 48.9 Å². The molecule has 0 aromatic heterocycles. The Kier molecular flexibility index (Phi) is 8.04. The van der Waals surface area contributed by atoms with Crippen LogP contribution < -0.4 is 5.32 Å². The molecule has 2 fully saturated rings. The highest BCUT2D eigenvalue weighted by Gasteiger charge is 2.37. The van der Waals surface area contributed by atoms with E-state index in [1.165, 1.54) is 6.42 Å². The van der Waals surface area contributed by atoms with Crippen LogP contribution in [0.4, 0.5) is 5.69 Å². The van der Waals surface area contributed by atoms with E-state index in [1.54, 1.807) is 18.2 Å². The van der Waals surface area contributed by atoms with Gasteiger partial charge >= 0.3 is 0 Å². The summed E-state index contributed by atoms with van der Waals surface area (Å²) in [4.78, 5) is 13.5. The first kappa shape index (κ1) is 20.5. The molecule has 1 heterocycles. The minimum absolute atomic E-state index is 0. The summed E-state index contributed by atoms with van der Waals surface area (Å²) in [5.74, 6) is 0.514. The van der Waals surface area contributed by atoms with Crippen molar-refractivity contribution in [1.29, 1.82) is 0 Å². The maximum absolute atomic E-state index is 11.4. The number of halogens is 3. The Morgan fingerprint density at radius 2 is 1.91 bits per heavy atom. The maximum Gasteiger partial charge on any atom is 0.274 e. The predicted molar refractivity (Wildman–Crippen MR) is 97.1 cm³/mol. The molecule has 23 heavy (non-hydrogen) atoms. The monoisotopic (exact) mass is 381 g/mol. The fraction of sp³-hybridized carbons (Fsp3) is 0.600. The second kappa shape index (κ2) is 9.04. The third kappa shape index (κ3) is 4.48. The molecule has 0 radical (unpaired) electrons. The maximum atomic E-state index is 11.4. The fourth-order valence-electron chi connectivity index (χ4n) is 3.39. The SMILES string of the molecule is Cl.Cl.O=[N+]([O-])c1ccc(Cl)cc1[C@H](C1CCC1)N1CCNCC1. The molecule has 1 aliphatic heterocycles. The van der Waals surface area contributed by atoms with Gasteiger partial charge in [0.15, 0.2) is 0 Å². The van der Waals surface area contributed by atoms with Gasteiger partial charge < -0.3 is 5.32 Å². The van der Waals surface area contributed by atoms with Gasteiger partial charge in [0.2, 0.25) is 0 Å². The van der Waals surface area contributed by atoms with Crippen LogP contribution in [-0.2, 0) is 0 Å². The second-order valence-corrected chi connectivity index (χ2v) is 6.32. The molecule has 130 valence electrons. The zero-order valence-corrected chi connectivity index (χ0v) is 15.1. The lowest BCUT2D eigenvalue weighted by Gasteiger charge is -2.43. The van der Waals surface area contributed by atoms with Crippen molar-refractivity contribution in [3.63, 3.8) is 0 Å². The topological polar surface area (TPSA) is 58.4 Å². The Morgan fingerprint density at radius 1 is 1.26 bits per heavy atom. The van der Waals surface area contributed by atoms with Crippen molar-refractivity contribution >= 4 is 42.1 Å². The van der Waals surface area contributed by atoms with Gasteiger partial charge in [-0.1, -0.05) is 18.0 Å². The number of rotatable bonds is 4. The first-order valence-electron chi connectivity index (χ1n) is 7.55. The number of nitro benzene ring substituents is 1. The van der Waals surface area contributed by atoms with Gasteiger partial charge in [0.05, 0.1) is 4.92 Å². The summed E-state index contributed by atoms with van der Waals surface area (Å²) in [6.07, 6.45) is 3.53. The molecule has 1 aromatic carbocycles. The van der Waals surface area contributed by atoms with E-state index in [0.29, 0.717) is 10.9 Å². The van der Waals surface area contributed by atoms with Gasteiger partial charge in [0.25, 0.3) is 5.69 Å². The first-order valence-corrected chi connectivity index (χ1v) is 7.93. The lowest BCUT2D eigenvalue weighted by atomic mass is 9.76. The molecule has 0 spiro atoms. The summed E-state index contributed by atoms with van der Waals surface area (Å²) in [5.41, 5.74) is 0.994. The Hall–Kier alpha value is -0.590. The lowest BCUT2D eigenvalue weighted by Crippen LogP contribution is -2.48. The van der Waals surface area contributed by atoms with Crippen LogP contribution in [0.5, 0.6) is 0 Å². The highest BCUT2D eigenvalue weighted by atomic mass is 35.5. The first-order chi connectivity index (χ1) is 10.2. The summed E-state index contributed by atoms with van der Waals surface area (Å²) in [6.45, 7) is 3.75. The molecular formula is C15H22Cl3N3O2. The van der Waals surface area contributed by atoms with Gasteiger partial charge in [-0.3, -0.25) is 15.0 Å². The quantitative estimate of drug-likeness (QED) is 0.635. The van der Waals surface area contributed by atoms with Crippen LogP contribution in [0, 0.1) is 16.0 Å². The summed E-state index contributed by atoms with van der Waals surface area (Å²) in [6, 6.07) is 5.08. The zero-order chi connectivity index (χ0) is 14.8. The Labute approximate surface area is 153 Å². The van der Waals surface area contributed by atoms with E-state index in [4.69, 9.17) is 11.6 Å². The third-order valence-corrected chi connectivity index (χ3v) is 4.88. The molecule has 1 saturated heterocycles. The lowest BCUT2D eigenvalue weighted by molar-refractivity contribution is -0.386. The Bertz CT molecular complexity index is 535. The molecular weight excluding hydrogens is 361 g/mol. The molecule has 1 N–H and O–H groups in total. The second-order valence-electron chi connectivity index (χ2n) is 5.88. The van der Waals surface area contributed by atoms with Gasteiger partial charge in [-0.15, -0.1) is 24.8 Å².